The van der Waals surface area contributed by atoms with Crippen molar-refractivity contribution in [3.05, 3.63) is 34.8 Å². The van der Waals surface area contributed by atoms with Gasteiger partial charge in [-0.3, -0.25) is 4.90 Å². The predicted octanol–water partition coefficient (Wildman–Crippen LogP) is 2.86. The van der Waals surface area contributed by atoms with Crippen molar-refractivity contribution in [1.82, 2.24) is 10.2 Å². The molecule has 1 aliphatic rings. The van der Waals surface area contributed by atoms with Crippen LogP contribution in [-0.2, 0) is 17.8 Å². The van der Waals surface area contributed by atoms with Crippen molar-refractivity contribution < 1.29 is 9.15 Å². The lowest BCUT2D eigenvalue weighted by Gasteiger charge is -2.25. The molecule has 21 heavy (non-hydrogen) atoms. The van der Waals surface area contributed by atoms with E-state index in [-0.39, 0.29) is 0 Å². The first-order valence-corrected chi connectivity index (χ1v) is 7.79. The zero-order valence-electron chi connectivity index (χ0n) is 13.7. The van der Waals surface area contributed by atoms with Crippen LogP contribution < -0.4 is 5.32 Å². The molecule has 2 heterocycles. The summed E-state index contributed by atoms with van der Waals surface area (Å²) >= 11 is 0. The lowest BCUT2D eigenvalue weighted by atomic mass is 10.1. The van der Waals surface area contributed by atoms with Crippen LogP contribution in [0.15, 0.2) is 22.1 Å². The first-order valence-electron chi connectivity index (χ1n) is 7.79. The number of furan rings is 1. The third-order valence-electron chi connectivity index (χ3n) is 3.84. The molecule has 1 N–H and O–H groups in total. The number of aryl methyl sites for hydroxylation is 1. The molecule has 0 radical (unpaired) electrons. The minimum absolute atomic E-state index is 0.476. The quantitative estimate of drug-likeness (QED) is 0.784. The Morgan fingerprint density at radius 3 is 2.86 bits per heavy atom. The number of hydrogen-bond acceptors (Lipinski definition) is 4. The molecule has 2 rings (SSSR count). The Hall–Kier alpha value is -1.10. The third kappa shape index (κ3) is 4.99. The van der Waals surface area contributed by atoms with Gasteiger partial charge in [0.25, 0.3) is 0 Å². The minimum atomic E-state index is 0.476. The van der Waals surface area contributed by atoms with E-state index >= 15 is 0 Å². The van der Waals surface area contributed by atoms with Gasteiger partial charge in [-0.15, -0.1) is 0 Å². The summed E-state index contributed by atoms with van der Waals surface area (Å²) in [5, 5.41) is 3.41. The van der Waals surface area contributed by atoms with Crippen molar-refractivity contribution in [3.63, 3.8) is 0 Å². The summed E-state index contributed by atoms with van der Waals surface area (Å²) in [7, 11) is 1.76. The second-order valence-electron chi connectivity index (χ2n) is 6.14. The molecule has 0 atom stereocenters. The summed E-state index contributed by atoms with van der Waals surface area (Å²) in [4.78, 5) is 2.41. The van der Waals surface area contributed by atoms with Gasteiger partial charge in [-0.2, -0.15) is 0 Å². The maximum atomic E-state index is 5.99. The Balaban J connectivity index is 1.88. The first-order chi connectivity index (χ1) is 10.1. The molecule has 4 nitrogen and oxygen atoms in total. The van der Waals surface area contributed by atoms with Crippen LogP contribution in [0.5, 0.6) is 0 Å². The van der Waals surface area contributed by atoms with Crippen LogP contribution in [-0.4, -0.2) is 37.7 Å². The van der Waals surface area contributed by atoms with Gasteiger partial charge in [0.05, 0.1) is 19.7 Å². The van der Waals surface area contributed by atoms with Crippen molar-refractivity contribution >= 4 is 0 Å². The van der Waals surface area contributed by atoms with Gasteiger partial charge in [-0.05, 0) is 30.5 Å². The van der Waals surface area contributed by atoms with Crippen molar-refractivity contribution in [2.24, 2.45) is 0 Å². The van der Waals surface area contributed by atoms with Crippen LogP contribution >= 0.6 is 0 Å². The number of nitrogens with zero attached hydrogens (tertiary/aromatic N) is 1. The van der Waals surface area contributed by atoms with Crippen LogP contribution in [0.25, 0.3) is 0 Å². The largest absolute Gasteiger partial charge is 0.463 e. The van der Waals surface area contributed by atoms with Crippen molar-refractivity contribution in [2.75, 3.05) is 26.8 Å². The fourth-order valence-corrected chi connectivity index (χ4v) is 2.57. The summed E-state index contributed by atoms with van der Waals surface area (Å²) in [5.41, 5.74) is 2.65. The summed E-state index contributed by atoms with van der Waals surface area (Å²) in [5.74, 6) is 2.13. The molecule has 4 heteroatoms. The van der Waals surface area contributed by atoms with E-state index < -0.39 is 0 Å². The number of rotatable bonds is 7. The minimum Gasteiger partial charge on any atom is -0.463 e. The maximum Gasteiger partial charge on any atom is 0.120 e. The Kier molecular flexibility index (Phi) is 6.03. The normalized spacial score (nSPS) is 16.5. The van der Waals surface area contributed by atoms with Crippen molar-refractivity contribution in [2.45, 2.75) is 46.3 Å². The monoisotopic (exact) mass is 292 g/mol. The maximum absolute atomic E-state index is 5.99. The predicted molar refractivity (Wildman–Crippen MR) is 85.3 cm³/mol. The molecule has 0 spiro atoms. The van der Waals surface area contributed by atoms with Crippen LogP contribution in [0.1, 0.15) is 37.4 Å². The SMILES string of the molecule is COCC1=CCN(Cc2cc(C)c(CNC(C)C)o2)CC1. The average molecular weight is 292 g/mol. The molecule has 0 aromatic carbocycles. The number of ether oxygens (including phenoxy) is 1. The molecular weight excluding hydrogens is 264 g/mol. The number of methoxy groups -OCH3 is 1. The summed E-state index contributed by atoms with van der Waals surface area (Å²) in [6.07, 6.45) is 3.37. The molecule has 0 saturated carbocycles. The highest BCUT2D eigenvalue weighted by atomic mass is 16.5. The lowest BCUT2D eigenvalue weighted by Crippen LogP contribution is -2.28. The van der Waals surface area contributed by atoms with E-state index in [1.165, 1.54) is 11.1 Å². The Bertz CT molecular complexity index is 477. The van der Waals surface area contributed by atoms with Crippen molar-refractivity contribution in [3.8, 4) is 0 Å². The molecule has 1 aliphatic heterocycles. The highest BCUT2D eigenvalue weighted by molar-refractivity contribution is 5.20. The van der Waals surface area contributed by atoms with E-state index in [9.17, 15) is 0 Å². The summed E-state index contributed by atoms with van der Waals surface area (Å²) in [6.45, 7) is 10.9. The third-order valence-corrected chi connectivity index (χ3v) is 3.84. The van der Waals surface area contributed by atoms with Gasteiger partial charge >= 0.3 is 0 Å². The fraction of sp³-hybridized carbons (Fsp3) is 0.647. The Morgan fingerprint density at radius 2 is 2.24 bits per heavy atom. The standard InChI is InChI=1S/C17H28N2O2/c1-13(2)18-10-17-14(3)9-16(21-17)11-19-7-5-15(6-8-19)12-20-4/h5,9,13,18H,6-8,10-12H2,1-4H3. The first kappa shape index (κ1) is 16.3. The van der Waals surface area contributed by atoms with Gasteiger partial charge in [-0.25, -0.2) is 0 Å². The smallest absolute Gasteiger partial charge is 0.120 e. The van der Waals surface area contributed by atoms with Crippen LogP contribution in [0, 0.1) is 6.92 Å². The van der Waals surface area contributed by atoms with Crippen LogP contribution in [0.2, 0.25) is 0 Å². The average Bonchev–Trinajstić information content (AvgIpc) is 2.79. The Morgan fingerprint density at radius 1 is 1.43 bits per heavy atom. The second-order valence-corrected chi connectivity index (χ2v) is 6.14. The van der Waals surface area contributed by atoms with E-state index in [2.05, 4.69) is 43.1 Å². The Labute approximate surface area is 128 Å². The van der Waals surface area contributed by atoms with Gasteiger partial charge < -0.3 is 14.5 Å². The molecule has 118 valence electrons. The molecule has 0 bridgehead atoms. The molecular formula is C17H28N2O2. The van der Waals surface area contributed by atoms with E-state index in [1.807, 2.05) is 0 Å². The molecule has 1 aromatic rings. The van der Waals surface area contributed by atoms with Gasteiger partial charge in [0.15, 0.2) is 0 Å². The van der Waals surface area contributed by atoms with E-state index in [0.29, 0.717) is 6.04 Å². The van der Waals surface area contributed by atoms with Gasteiger partial charge in [0.2, 0.25) is 0 Å². The van der Waals surface area contributed by atoms with Crippen molar-refractivity contribution in [1.29, 1.82) is 0 Å². The fourth-order valence-electron chi connectivity index (χ4n) is 2.57. The summed E-state index contributed by atoms with van der Waals surface area (Å²) in [6, 6.07) is 2.65. The molecule has 0 saturated heterocycles. The van der Waals surface area contributed by atoms with Gasteiger partial charge in [-0.1, -0.05) is 19.9 Å². The molecule has 0 unspecified atom stereocenters. The zero-order valence-corrected chi connectivity index (χ0v) is 13.7. The molecule has 0 aliphatic carbocycles. The zero-order chi connectivity index (χ0) is 15.2. The number of nitrogens with one attached hydrogen (secondary N) is 1. The molecule has 1 aromatic heterocycles. The highest BCUT2D eigenvalue weighted by Crippen LogP contribution is 2.19. The highest BCUT2D eigenvalue weighted by Gasteiger charge is 2.15. The van der Waals surface area contributed by atoms with E-state index in [4.69, 9.17) is 9.15 Å². The van der Waals surface area contributed by atoms with E-state index in [1.54, 1.807) is 7.11 Å². The van der Waals surface area contributed by atoms with Gasteiger partial charge in [0.1, 0.15) is 11.5 Å². The molecule has 0 fully saturated rings. The lowest BCUT2D eigenvalue weighted by molar-refractivity contribution is 0.206. The van der Waals surface area contributed by atoms with E-state index in [0.717, 1.165) is 50.7 Å². The molecule has 0 amide bonds. The van der Waals surface area contributed by atoms with Crippen LogP contribution in [0.3, 0.4) is 0 Å². The van der Waals surface area contributed by atoms with Gasteiger partial charge in [0, 0.05) is 26.2 Å². The van der Waals surface area contributed by atoms with Crippen LogP contribution in [0.4, 0.5) is 0 Å². The number of hydrogen-bond donors (Lipinski definition) is 1. The second kappa shape index (κ2) is 7.78. The summed E-state index contributed by atoms with van der Waals surface area (Å²) < 4.78 is 11.2. The topological polar surface area (TPSA) is 37.6 Å².